The van der Waals surface area contributed by atoms with Crippen LogP contribution >= 0.6 is 11.8 Å². The molecular weight excluding hydrogens is 516 g/mol. The Morgan fingerprint density at radius 2 is 1.07 bits per heavy atom. The van der Waals surface area contributed by atoms with Crippen LogP contribution in [0.15, 0.2) is 24.3 Å². The number of carbonyl (C=O) groups is 1. The van der Waals surface area contributed by atoms with Crippen molar-refractivity contribution in [3.05, 3.63) is 57.6 Å². The summed E-state index contributed by atoms with van der Waals surface area (Å²) in [7, 11) is 0. The molecular formula is C35H52O4S. The summed E-state index contributed by atoms with van der Waals surface area (Å²) in [5.74, 6) is 1.06. The monoisotopic (exact) mass is 568 g/mol. The largest absolute Gasteiger partial charge is 0.507 e. The summed E-state index contributed by atoms with van der Waals surface area (Å²) in [5.41, 5.74) is 2.45. The van der Waals surface area contributed by atoms with Gasteiger partial charge in [-0.3, -0.25) is 4.79 Å². The summed E-state index contributed by atoms with van der Waals surface area (Å²) < 4.78 is 0. The molecule has 1 aliphatic heterocycles. The molecule has 40 heavy (non-hydrogen) atoms. The minimum atomic E-state index is -1.18. The Morgan fingerprint density at radius 3 is 1.43 bits per heavy atom. The van der Waals surface area contributed by atoms with Gasteiger partial charge < -0.3 is 15.3 Å². The molecule has 2 aromatic rings. The molecule has 0 aliphatic carbocycles. The van der Waals surface area contributed by atoms with Crippen LogP contribution in [0, 0.1) is 0 Å². The first-order valence-electron chi connectivity index (χ1n) is 14.6. The van der Waals surface area contributed by atoms with Gasteiger partial charge in [-0.1, -0.05) is 107 Å². The lowest BCUT2D eigenvalue weighted by Crippen LogP contribution is -2.43. The molecule has 1 heterocycles. The Kier molecular flexibility index (Phi) is 8.58. The number of phenolic OH excluding ortho intramolecular Hbond substituents is 2. The lowest BCUT2D eigenvalue weighted by Gasteiger charge is -2.40. The van der Waals surface area contributed by atoms with E-state index in [0.717, 1.165) is 44.9 Å². The van der Waals surface area contributed by atoms with Gasteiger partial charge in [0.05, 0.1) is 0 Å². The van der Waals surface area contributed by atoms with Crippen LogP contribution in [0.1, 0.15) is 135 Å². The lowest BCUT2D eigenvalue weighted by atomic mass is 9.62. The zero-order valence-corrected chi connectivity index (χ0v) is 27.7. The van der Waals surface area contributed by atoms with E-state index in [1.807, 2.05) is 23.9 Å². The molecule has 2 unspecified atom stereocenters. The zero-order valence-electron chi connectivity index (χ0n) is 26.9. The molecule has 2 atom stereocenters. The van der Waals surface area contributed by atoms with Crippen molar-refractivity contribution in [3.63, 3.8) is 0 Å². The number of benzene rings is 2. The third kappa shape index (κ3) is 6.05. The molecule has 3 N–H and O–H groups in total. The molecule has 0 amide bonds. The van der Waals surface area contributed by atoms with E-state index in [4.69, 9.17) is 0 Å². The SMILES string of the molecule is CC(C)(C)c1cc(C2CCSCCC2(C(=O)O)c2cc(C(C)(C)C)c(O)c(C(C)(C)C)c2)cc(C(C)(C)C)c1O. The van der Waals surface area contributed by atoms with Crippen molar-refractivity contribution in [2.75, 3.05) is 11.5 Å². The third-order valence-electron chi connectivity index (χ3n) is 8.56. The predicted octanol–water partition coefficient (Wildman–Crippen LogP) is 8.92. The van der Waals surface area contributed by atoms with Gasteiger partial charge in [0, 0.05) is 5.92 Å². The number of carboxylic acids is 1. The maximum absolute atomic E-state index is 13.7. The summed E-state index contributed by atoms with van der Waals surface area (Å²) in [4.78, 5) is 13.7. The van der Waals surface area contributed by atoms with E-state index in [-0.39, 0.29) is 33.3 Å². The van der Waals surface area contributed by atoms with Crippen molar-refractivity contribution in [3.8, 4) is 11.5 Å². The van der Waals surface area contributed by atoms with Gasteiger partial charge in [-0.05, 0) is 79.4 Å². The number of aromatic hydroxyl groups is 2. The summed E-state index contributed by atoms with van der Waals surface area (Å²) >= 11 is 1.81. The van der Waals surface area contributed by atoms with E-state index in [9.17, 15) is 20.1 Å². The molecule has 5 heteroatoms. The molecule has 4 nitrogen and oxygen atoms in total. The summed E-state index contributed by atoms with van der Waals surface area (Å²) in [6.07, 6.45) is 1.21. The van der Waals surface area contributed by atoms with Crippen molar-refractivity contribution in [1.29, 1.82) is 0 Å². The van der Waals surface area contributed by atoms with Crippen molar-refractivity contribution >= 4 is 17.7 Å². The highest BCUT2D eigenvalue weighted by molar-refractivity contribution is 7.99. The first-order chi connectivity index (χ1) is 18.0. The molecule has 0 aromatic heterocycles. The topological polar surface area (TPSA) is 77.8 Å². The van der Waals surface area contributed by atoms with Crippen LogP contribution in [-0.2, 0) is 31.9 Å². The standard InChI is InChI=1S/C35H52O4S/c1-31(2,3)24-17-21(18-25(28(24)36)32(4,5)6)23-13-15-40-16-14-35(23,30(38)39)22-19-26(33(7,8)9)29(37)27(20-22)34(10,11)12/h17-20,23,36-37H,13-16H2,1-12H3,(H,38,39). The second kappa shape index (κ2) is 10.6. The molecule has 1 aliphatic rings. The molecule has 2 aromatic carbocycles. The van der Waals surface area contributed by atoms with Crippen molar-refractivity contribution in [1.82, 2.24) is 0 Å². The summed E-state index contributed by atoms with van der Waals surface area (Å²) in [5, 5.41) is 34.1. The number of carboxylic acid groups (broad SMARTS) is 1. The molecule has 0 radical (unpaired) electrons. The van der Waals surface area contributed by atoms with Gasteiger partial charge in [0.1, 0.15) is 16.9 Å². The van der Waals surface area contributed by atoms with E-state index < -0.39 is 11.4 Å². The van der Waals surface area contributed by atoms with Crippen LogP contribution < -0.4 is 0 Å². The number of hydrogen-bond acceptors (Lipinski definition) is 4. The molecule has 1 saturated heterocycles. The molecule has 0 saturated carbocycles. The van der Waals surface area contributed by atoms with Gasteiger partial charge in [-0.2, -0.15) is 11.8 Å². The fourth-order valence-electron chi connectivity index (χ4n) is 6.17. The van der Waals surface area contributed by atoms with Crippen LogP contribution in [0.4, 0.5) is 0 Å². The number of rotatable bonds is 3. The highest BCUT2D eigenvalue weighted by Gasteiger charge is 2.50. The van der Waals surface area contributed by atoms with Crippen molar-refractivity contribution in [2.45, 2.75) is 129 Å². The predicted molar refractivity (Wildman–Crippen MR) is 170 cm³/mol. The van der Waals surface area contributed by atoms with E-state index in [1.165, 1.54) is 0 Å². The van der Waals surface area contributed by atoms with Crippen molar-refractivity contribution in [2.24, 2.45) is 0 Å². The van der Waals surface area contributed by atoms with Gasteiger partial charge >= 0.3 is 5.97 Å². The Labute approximate surface area is 247 Å². The van der Waals surface area contributed by atoms with Crippen molar-refractivity contribution < 1.29 is 20.1 Å². The van der Waals surface area contributed by atoms with Gasteiger partial charge in [0.15, 0.2) is 0 Å². The molecule has 0 spiro atoms. The van der Waals surface area contributed by atoms with E-state index in [0.29, 0.717) is 18.6 Å². The fraction of sp³-hybridized carbons (Fsp3) is 0.629. The van der Waals surface area contributed by atoms with Gasteiger partial charge in [-0.25, -0.2) is 0 Å². The van der Waals surface area contributed by atoms with Crippen LogP contribution in [-0.4, -0.2) is 32.8 Å². The second-order valence-corrected chi connectivity index (χ2v) is 17.1. The number of hydrogen-bond donors (Lipinski definition) is 3. The maximum Gasteiger partial charge on any atom is 0.314 e. The number of aliphatic carboxylic acids is 1. The molecule has 0 bridgehead atoms. The smallest absolute Gasteiger partial charge is 0.314 e. The average Bonchev–Trinajstić information content (AvgIpc) is 3.00. The number of phenols is 2. The normalized spacial score (nSPS) is 21.2. The summed E-state index contributed by atoms with van der Waals surface area (Å²) in [6.45, 7) is 25.0. The quantitative estimate of drug-likeness (QED) is 0.344. The lowest BCUT2D eigenvalue weighted by molar-refractivity contribution is -0.145. The Bertz CT molecular complexity index is 1190. The maximum atomic E-state index is 13.7. The zero-order chi connectivity index (χ0) is 30.6. The molecule has 3 rings (SSSR count). The second-order valence-electron chi connectivity index (χ2n) is 15.9. The van der Waals surface area contributed by atoms with Crippen LogP contribution in [0.5, 0.6) is 11.5 Å². The third-order valence-corrected chi connectivity index (χ3v) is 9.58. The van der Waals surface area contributed by atoms with Gasteiger partial charge in [0.2, 0.25) is 0 Å². The highest BCUT2D eigenvalue weighted by Crippen LogP contribution is 2.52. The Balaban J connectivity index is 2.49. The van der Waals surface area contributed by atoms with E-state index >= 15 is 0 Å². The van der Waals surface area contributed by atoms with Crippen LogP contribution in [0.25, 0.3) is 0 Å². The van der Waals surface area contributed by atoms with Gasteiger partial charge in [-0.15, -0.1) is 0 Å². The first kappa shape index (κ1) is 32.4. The average molecular weight is 569 g/mol. The van der Waals surface area contributed by atoms with Gasteiger partial charge in [0.25, 0.3) is 0 Å². The minimum absolute atomic E-state index is 0.263. The Morgan fingerprint density at radius 1 is 0.700 bits per heavy atom. The molecule has 1 fully saturated rings. The minimum Gasteiger partial charge on any atom is -0.507 e. The van der Waals surface area contributed by atoms with Crippen LogP contribution in [0.3, 0.4) is 0 Å². The Hall–Kier alpha value is -2.14. The fourth-order valence-corrected chi connectivity index (χ4v) is 7.24. The number of thioether (sulfide) groups is 1. The van der Waals surface area contributed by atoms with E-state index in [2.05, 4.69) is 95.2 Å². The molecule has 222 valence electrons. The first-order valence-corrected chi connectivity index (χ1v) is 15.8. The van der Waals surface area contributed by atoms with E-state index in [1.54, 1.807) is 0 Å². The van der Waals surface area contributed by atoms with Crippen LogP contribution in [0.2, 0.25) is 0 Å². The summed E-state index contributed by atoms with van der Waals surface area (Å²) in [6, 6.07) is 8.08. The highest BCUT2D eigenvalue weighted by atomic mass is 32.2.